The molecule has 0 atom stereocenters. The molecule has 4 nitrogen and oxygen atoms in total. The van der Waals surface area contributed by atoms with Crippen LogP contribution < -0.4 is 5.32 Å². The molecule has 2 rings (SSSR count). The van der Waals surface area contributed by atoms with Crippen LogP contribution in [0.15, 0.2) is 12.1 Å². The summed E-state index contributed by atoms with van der Waals surface area (Å²) in [5.41, 5.74) is 1.71. The highest BCUT2D eigenvalue weighted by atomic mass is 16.2. The Morgan fingerprint density at radius 2 is 2.00 bits per heavy atom. The molecule has 18 heavy (non-hydrogen) atoms. The summed E-state index contributed by atoms with van der Waals surface area (Å²) < 4.78 is 0. The first kappa shape index (κ1) is 12.9. The van der Waals surface area contributed by atoms with E-state index in [4.69, 9.17) is 0 Å². The number of amides is 1. The highest BCUT2D eigenvalue weighted by molar-refractivity contribution is 5.95. The van der Waals surface area contributed by atoms with Crippen LogP contribution in [-0.4, -0.2) is 35.9 Å². The third kappa shape index (κ3) is 2.63. The van der Waals surface area contributed by atoms with Gasteiger partial charge in [-0.1, -0.05) is 13.8 Å². The first-order chi connectivity index (χ1) is 8.61. The predicted molar refractivity (Wildman–Crippen MR) is 73.0 cm³/mol. The van der Waals surface area contributed by atoms with Crippen molar-refractivity contribution in [3.05, 3.63) is 23.4 Å². The zero-order chi connectivity index (χ0) is 13.1. The second kappa shape index (κ2) is 5.38. The van der Waals surface area contributed by atoms with Crippen LogP contribution in [0.1, 0.15) is 48.7 Å². The summed E-state index contributed by atoms with van der Waals surface area (Å²) >= 11 is 0. The monoisotopic (exact) mass is 247 g/mol. The van der Waals surface area contributed by atoms with E-state index in [1.165, 1.54) is 0 Å². The maximum Gasteiger partial charge on any atom is 0.254 e. The first-order valence-electron chi connectivity index (χ1n) is 6.61. The van der Waals surface area contributed by atoms with Gasteiger partial charge in [0.25, 0.3) is 5.91 Å². The summed E-state index contributed by atoms with van der Waals surface area (Å²) in [5, 5.41) is 3.03. The number of carbonyl (C=O) groups is 1. The minimum Gasteiger partial charge on any atom is -0.373 e. The Morgan fingerprint density at radius 3 is 2.56 bits per heavy atom. The normalized spacial score (nSPS) is 15.2. The molecule has 1 N–H and O–H groups in total. The molecule has 98 valence electrons. The van der Waals surface area contributed by atoms with Crippen molar-refractivity contribution in [3.8, 4) is 0 Å². The van der Waals surface area contributed by atoms with E-state index in [-0.39, 0.29) is 5.91 Å². The number of hydrogen-bond donors (Lipinski definition) is 1. The lowest BCUT2D eigenvalue weighted by molar-refractivity contribution is 0.0792. The molecule has 2 heterocycles. The van der Waals surface area contributed by atoms with Gasteiger partial charge >= 0.3 is 0 Å². The Morgan fingerprint density at radius 1 is 1.33 bits per heavy atom. The topological polar surface area (TPSA) is 45.2 Å². The van der Waals surface area contributed by atoms with E-state index in [2.05, 4.69) is 24.1 Å². The smallest absolute Gasteiger partial charge is 0.254 e. The summed E-state index contributed by atoms with van der Waals surface area (Å²) in [6.45, 7) is 5.94. The van der Waals surface area contributed by atoms with Gasteiger partial charge in [0.15, 0.2) is 0 Å². The molecule has 0 aromatic carbocycles. The van der Waals surface area contributed by atoms with E-state index in [1.54, 1.807) is 0 Å². The Balaban J connectivity index is 2.30. The van der Waals surface area contributed by atoms with E-state index in [0.29, 0.717) is 5.92 Å². The Labute approximate surface area is 108 Å². The molecule has 1 aliphatic rings. The van der Waals surface area contributed by atoms with Crippen molar-refractivity contribution in [2.75, 3.05) is 25.5 Å². The van der Waals surface area contributed by atoms with E-state index in [9.17, 15) is 4.79 Å². The molecule has 0 radical (unpaired) electrons. The van der Waals surface area contributed by atoms with Crippen molar-refractivity contribution in [2.45, 2.75) is 32.6 Å². The molecule has 1 aromatic heterocycles. The number of anilines is 1. The van der Waals surface area contributed by atoms with Crippen LogP contribution in [-0.2, 0) is 0 Å². The highest BCUT2D eigenvalue weighted by Crippen LogP contribution is 2.20. The second-order valence-electron chi connectivity index (χ2n) is 5.07. The minimum atomic E-state index is 0.133. The van der Waals surface area contributed by atoms with Crippen LogP contribution in [0.2, 0.25) is 0 Å². The van der Waals surface area contributed by atoms with Crippen molar-refractivity contribution < 1.29 is 4.79 Å². The third-order valence-corrected chi connectivity index (χ3v) is 3.33. The van der Waals surface area contributed by atoms with E-state index >= 15 is 0 Å². The lowest BCUT2D eigenvalue weighted by Crippen LogP contribution is -2.27. The second-order valence-corrected chi connectivity index (χ2v) is 5.07. The van der Waals surface area contributed by atoms with Crippen LogP contribution in [0.3, 0.4) is 0 Å². The van der Waals surface area contributed by atoms with Gasteiger partial charge in [-0.2, -0.15) is 0 Å². The number of rotatable bonds is 3. The summed E-state index contributed by atoms with van der Waals surface area (Å²) in [6.07, 6.45) is 2.24. The largest absolute Gasteiger partial charge is 0.373 e. The Bertz CT molecular complexity index is 437. The SMILES string of the molecule is CNc1cc(C(=O)N2CCCC2)cc(C(C)C)n1. The van der Waals surface area contributed by atoms with Crippen molar-refractivity contribution in [2.24, 2.45) is 0 Å². The Hall–Kier alpha value is -1.58. The maximum absolute atomic E-state index is 12.4. The number of pyridine rings is 1. The van der Waals surface area contributed by atoms with Crippen LogP contribution in [0.25, 0.3) is 0 Å². The highest BCUT2D eigenvalue weighted by Gasteiger charge is 2.20. The van der Waals surface area contributed by atoms with Crippen molar-refractivity contribution in [3.63, 3.8) is 0 Å². The van der Waals surface area contributed by atoms with Crippen molar-refractivity contribution >= 4 is 11.7 Å². The van der Waals surface area contributed by atoms with Crippen LogP contribution >= 0.6 is 0 Å². The van der Waals surface area contributed by atoms with Gasteiger partial charge in [-0.3, -0.25) is 4.79 Å². The average Bonchev–Trinajstić information content (AvgIpc) is 2.91. The van der Waals surface area contributed by atoms with Crippen molar-refractivity contribution in [1.82, 2.24) is 9.88 Å². The standard InChI is InChI=1S/C14H21N3O/c1-10(2)12-8-11(9-13(15-3)16-12)14(18)17-6-4-5-7-17/h8-10H,4-7H2,1-3H3,(H,15,16). The number of hydrogen-bond acceptors (Lipinski definition) is 3. The lowest BCUT2D eigenvalue weighted by Gasteiger charge is -2.17. The average molecular weight is 247 g/mol. The van der Waals surface area contributed by atoms with Gasteiger partial charge in [0, 0.05) is 31.4 Å². The van der Waals surface area contributed by atoms with Crippen LogP contribution in [0.5, 0.6) is 0 Å². The lowest BCUT2D eigenvalue weighted by atomic mass is 10.1. The van der Waals surface area contributed by atoms with Gasteiger partial charge in [-0.25, -0.2) is 4.98 Å². The van der Waals surface area contributed by atoms with E-state index < -0.39 is 0 Å². The molecule has 0 aliphatic carbocycles. The van der Waals surface area contributed by atoms with E-state index in [1.807, 2.05) is 24.1 Å². The first-order valence-corrected chi connectivity index (χ1v) is 6.61. The van der Waals surface area contributed by atoms with Gasteiger partial charge in [0.1, 0.15) is 5.82 Å². The van der Waals surface area contributed by atoms with Gasteiger partial charge in [0.2, 0.25) is 0 Å². The summed E-state index contributed by atoms with van der Waals surface area (Å²) in [7, 11) is 1.83. The molecule has 1 fully saturated rings. The molecule has 0 unspecified atom stereocenters. The predicted octanol–water partition coefficient (Wildman–Crippen LogP) is 2.48. The zero-order valence-electron chi connectivity index (χ0n) is 11.4. The molecule has 1 aliphatic heterocycles. The van der Waals surface area contributed by atoms with Gasteiger partial charge in [0.05, 0.1) is 0 Å². The zero-order valence-corrected chi connectivity index (χ0v) is 11.4. The number of aromatic nitrogens is 1. The molecule has 0 saturated carbocycles. The fourth-order valence-corrected chi connectivity index (χ4v) is 2.20. The van der Waals surface area contributed by atoms with Gasteiger partial charge < -0.3 is 10.2 Å². The molecular weight excluding hydrogens is 226 g/mol. The number of likely N-dealkylation sites (tertiary alicyclic amines) is 1. The van der Waals surface area contributed by atoms with Crippen LogP contribution in [0, 0.1) is 0 Å². The van der Waals surface area contributed by atoms with Crippen molar-refractivity contribution in [1.29, 1.82) is 0 Å². The fraction of sp³-hybridized carbons (Fsp3) is 0.571. The molecule has 1 amide bonds. The fourth-order valence-electron chi connectivity index (χ4n) is 2.20. The van der Waals surface area contributed by atoms with Crippen LogP contribution in [0.4, 0.5) is 5.82 Å². The maximum atomic E-state index is 12.4. The summed E-state index contributed by atoms with van der Waals surface area (Å²) in [4.78, 5) is 18.8. The summed E-state index contributed by atoms with van der Waals surface area (Å²) in [6, 6.07) is 3.76. The molecular formula is C14H21N3O. The number of carbonyl (C=O) groups excluding carboxylic acids is 1. The summed E-state index contributed by atoms with van der Waals surface area (Å²) in [5.74, 6) is 1.22. The number of nitrogens with one attached hydrogen (secondary N) is 1. The third-order valence-electron chi connectivity index (χ3n) is 3.33. The molecule has 1 saturated heterocycles. The molecule has 4 heteroatoms. The van der Waals surface area contributed by atoms with Gasteiger partial charge in [-0.15, -0.1) is 0 Å². The Kier molecular flexibility index (Phi) is 3.84. The quantitative estimate of drug-likeness (QED) is 0.892. The molecule has 0 bridgehead atoms. The molecule has 0 spiro atoms. The molecule has 1 aromatic rings. The van der Waals surface area contributed by atoms with Gasteiger partial charge in [-0.05, 0) is 30.9 Å². The minimum absolute atomic E-state index is 0.133. The van der Waals surface area contributed by atoms with E-state index in [0.717, 1.165) is 43.0 Å². The number of nitrogens with zero attached hydrogens (tertiary/aromatic N) is 2.